The van der Waals surface area contributed by atoms with Crippen molar-refractivity contribution in [1.29, 1.82) is 0 Å². The van der Waals surface area contributed by atoms with Crippen molar-refractivity contribution in [3.8, 4) is 0 Å². The van der Waals surface area contributed by atoms with Crippen LogP contribution in [-0.4, -0.2) is 28.8 Å². The van der Waals surface area contributed by atoms with E-state index in [-0.39, 0.29) is 0 Å². The summed E-state index contributed by atoms with van der Waals surface area (Å²) >= 11 is 0. The maximum absolute atomic E-state index is 10.9. The number of fused-ring (bicyclic) bond motifs is 1. The molecule has 0 aliphatic heterocycles. The van der Waals surface area contributed by atoms with Crippen molar-refractivity contribution in [1.82, 2.24) is 5.32 Å². The molecule has 0 radical (unpaired) electrons. The molecule has 1 aromatic rings. The van der Waals surface area contributed by atoms with Gasteiger partial charge in [0.2, 0.25) is 0 Å². The van der Waals surface area contributed by atoms with Gasteiger partial charge in [-0.2, -0.15) is 0 Å². The number of benzene rings is 1. The van der Waals surface area contributed by atoms with Crippen molar-refractivity contribution in [3.63, 3.8) is 0 Å². The van der Waals surface area contributed by atoms with Gasteiger partial charge >= 0.3 is 0 Å². The largest absolute Gasteiger partial charge is 0.313 e. The number of hydrogen-bond donors (Lipinski definition) is 1. The molecule has 1 aliphatic rings. The van der Waals surface area contributed by atoms with E-state index in [1.165, 1.54) is 11.1 Å². The van der Waals surface area contributed by atoms with Crippen molar-refractivity contribution in [3.05, 3.63) is 35.4 Å². The normalized spacial score (nSPS) is 17.3. The van der Waals surface area contributed by atoms with Crippen molar-refractivity contribution >= 4 is 10.8 Å². The van der Waals surface area contributed by atoms with E-state index in [1.807, 2.05) is 0 Å². The van der Waals surface area contributed by atoms with E-state index >= 15 is 0 Å². The van der Waals surface area contributed by atoms with Gasteiger partial charge in [-0.3, -0.25) is 4.21 Å². The highest BCUT2D eigenvalue weighted by atomic mass is 32.2. The summed E-state index contributed by atoms with van der Waals surface area (Å²) in [5.41, 5.74) is 2.97. The minimum Gasteiger partial charge on any atom is -0.313 e. The minimum atomic E-state index is -0.649. The average Bonchev–Trinajstić information content (AvgIpc) is 2.66. The Morgan fingerprint density at radius 2 is 1.94 bits per heavy atom. The zero-order valence-corrected chi connectivity index (χ0v) is 10.6. The standard InChI is InChI=1S/C13H19NOS/c1-16(15)8-4-7-14-13-9-11-5-2-3-6-12(11)10-13/h2-3,5-6,13-14H,4,7-10H2,1H3. The molecule has 88 valence electrons. The lowest BCUT2D eigenvalue weighted by Crippen LogP contribution is -2.30. The van der Waals surface area contributed by atoms with Gasteiger partial charge in [0.15, 0.2) is 0 Å². The van der Waals surface area contributed by atoms with Gasteiger partial charge < -0.3 is 5.32 Å². The van der Waals surface area contributed by atoms with E-state index < -0.39 is 10.8 Å². The van der Waals surface area contributed by atoms with Crippen LogP contribution in [0.5, 0.6) is 0 Å². The van der Waals surface area contributed by atoms with E-state index in [0.717, 1.165) is 31.6 Å². The van der Waals surface area contributed by atoms with Gasteiger partial charge in [0.25, 0.3) is 0 Å². The van der Waals surface area contributed by atoms with Crippen LogP contribution in [0.4, 0.5) is 0 Å². The summed E-state index contributed by atoms with van der Waals surface area (Å²) in [5, 5.41) is 3.55. The van der Waals surface area contributed by atoms with Gasteiger partial charge in [0.05, 0.1) is 0 Å². The van der Waals surface area contributed by atoms with Crippen molar-refractivity contribution in [2.75, 3.05) is 18.6 Å². The fourth-order valence-corrected chi connectivity index (χ4v) is 2.84. The third-order valence-electron chi connectivity index (χ3n) is 3.09. The summed E-state index contributed by atoms with van der Waals surface area (Å²) in [5.74, 6) is 0.812. The van der Waals surface area contributed by atoms with Gasteiger partial charge in [0.1, 0.15) is 0 Å². The van der Waals surface area contributed by atoms with Crippen LogP contribution in [0, 0.1) is 0 Å². The molecule has 1 N–H and O–H groups in total. The Morgan fingerprint density at radius 1 is 1.31 bits per heavy atom. The molecule has 3 heteroatoms. The summed E-state index contributed by atoms with van der Waals surface area (Å²) in [6.07, 6.45) is 5.07. The van der Waals surface area contributed by atoms with Crippen LogP contribution >= 0.6 is 0 Å². The highest BCUT2D eigenvalue weighted by Crippen LogP contribution is 2.21. The van der Waals surface area contributed by atoms with Gasteiger partial charge in [-0.25, -0.2) is 0 Å². The molecule has 1 atom stereocenters. The highest BCUT2D eigenvalue weighted by molar-refractivity contribution is 7.84. The minimum absolute atomic E-state index is 0.586. The van der Waals surface area contributed by atoms with Crippen LogP contribution in [0.15, 0.2) is 24.3 Å². The monoisotopic (exact) mass is 237 g/mol. The van der Waals surface area contributed by atoms with Crippen molar-refractivity contribution in [2.45, 2.75) is 25.3 Å². The summed E-state index contributed by atoms with van der Waals surface area (Å²) in [6.45, 7) is 0.984. The van der Waals surface area contributed by atoms with Crippen molar-refractivity contribution in [2.24, 2.45) is 0 Å². The first kappa shape index (κ1) is 11.8. The molecule has 1 aliphatic carbocycles. The zero-order valence-electron chi connectivity index (χ0n) is 9.74. The SMILES string of the molecule is CS(=O)CCCNC1Cc2ccccc2C1. The zero-order chi connectivity index (χ0) is 11.4. The first-order chi connectivity index (χ1) is 7.75. The predicted molar refractivity (Wildman–Crippen MR) is 69.2 cm³/mol. The van der Waals surface area contributed by atoms with E-state index in [9.17, 15) is 4.21 Å². The van der Waals surface area contributed by atoms with E-state index in [1.54, 1.807) is 6.26 Å². The second-order valence-corrected chi connectivity index (χ2v) is 6.01. The summed E-state index contributed by atoms with van der Waals surface area (Å²) in [4.78, 5) is 0. The Morgan fingerprint density at radius 3 is 2.50 bits per heavy atom. The smallest absolute Gasteiger partial charge is 0.0244 e. The fourth-order valence-electron chi connectivity index (χ4n) is 2.28. The quantitative estimate of drug-likeness (QED) is 0.787. The first-order valence-electron chi connectivity index (χ1n) is 5.86. The van der Waals surface area contributed by atoms with Crippen LogP contribution in [0.3, 0.4) is 0 Å². The summed E-state index contributed by atoms with van der Waals surface area (Å²) in [7, 11) is -0.649. The van der Waals surface area contributed by atoms with E-state index in [4.69, 9.17) is 0 Å². The molecule has 1 aromatic carbocycles. The molecule has 0 spiro atoms. The molecular weight excluding hydrogens is 218 g/mol. The molecule has 0 aromatic heterocycles. The van der Waals surface area contributed by atoms with Gasteiger partial charge in [-0.05, 0) is 36.9 Å². The maximum Gasteiger partial charge on any atom is 0.0244 e. The Labute approximate surface area is 99.9 Å². The summed E-state index contributed by atoms with van der Waals surface area (Å²) < 4.78 is 10.9. The van der Waals surface area contributed by atoms with E-state index in [2.05, 4.69) is 29.6 Å². The second kappa shape index (κ2) is 5.60. The molecule has 0 heterocycles. The lowest BCUT2D eigenvalue weighted by atomic mass is 10.1. The van der Waals surface area contributed by atoms with Crippen LogP contribution in [0.2, 0.25) is 0 Å². The lowest BCUT2D eigenvalue weighted by Gasteiger charge is -2.10. The van der Waals surface area contributed by atoms with Gasteiger partial charge in [-0.1, -0.05) is 24.3 Å². The average molecular weight is 237 g/mol. The molecule has 0 amide bonds. The molecule has 0 bridgehead atoms. The third-order valence-corrected chi connectivity index (χ3v) is 3.96. The molecule has 2 nitrogen and oxygen atoms in total. The Balaban J connectivity index is 1.73. The van der Waals surface area contributed by atoms with Crippen LogP contribution in [-0.2, 0) is 23.6 Å². The Kier molecular flexibility index (Phi) is 4.13. The second-order valence-electron chi connectivity index (χ2n) is 4.46. The van der Waals surface area contributed by atoms with Crippen LogP contribution in [0.1, 0.15) is 17.5 Å². The molecule has 0 saturated heterocycles. The Hall–Kier alpha value is -0.670. The summed E-state index contributed by atoms with van der Waals surface area (Å²) in [6, 6.07) is 9.25. The molecule has 1 unspecified atom stereocenters. The molecule has 2 rings (SSSR count). The van der Waals surface area contributed by atoms with Gasteiger partial charge in [-0.15, -0.1) is 0 Å². The van der Waals surface area contributed by atoms with E-state index in [0.29, 0.717) is 6.04 Å². The third kappa shape index (κ3) is 3.16. The Bertz CT molecular complexity index is 353. The fraction of sp³-hybridized carbons (Fsp3) is 0.538. The number of rotatable bonds is 5. The highest BCUT2D eigenvalue weighted by Gasteiger charge is 2.19. The number of nitrogens with one attached hydrogen (secondary N) is 1. The predicted octanol–water partition coefficient (Wildman–Crippen LogP) is 1.51. The maximum atomic E-state index is 10.9. The molecule has 0 fully saturated rings. The van der Waals surface area contributed by atoms with Crippen LogP contribution < -0.4 is 5.32 Å². The molecule has 16 heavy (non-hydrogen) atoms. The molecular formula is C13H19NOS. The number of hydrogen-bond acceptors (Lipinski definition) is 2. The van der Waals surface area contributed by atoms with Crippen molar-refractivity contribution < 1.29 is 4.21 Å². The molecule has 0 saturated carbocycles. The van der Waals surface area contributed by atoms with Crippen LogP contribution in [0.25, 0.3) is 0 Å². The van der Waals surface area contributed by atoms with Gasteiger partial charge in [0, 0.05) is 28.9 Å². The topological polar surface area (TPSA) is 29.1 Å². The first-order valence-corrected chi connectivity index (χ1v) is 7.58. The lowest BCUT2D eigenvalue weighted by molar-refractivity contribution is 0.532.